The zero-order valence-corrected chi connectivity index (χ0v) is 7.09. The molecule has 0 heterocycles. The van der Waals surface area contributed by atoms with Gasteiger partial charge in [-0.15, -0.1) is 0 Å². The van der Waals surface area contributed by atoms with Gasteiger partial charge >= 0.3 is 5.97 Å². The summed E-state index contributed by atoms with van der Waals surface area (Å²) >= 11 is 0. The highest BCUT2D eigenvalue weighted by molar-refractivity contribution is 5.79. The van der Waals surface area contributed by atoms with Crippen LogP contribution in [0.5, 0.6) is 0 Å². The number of azide groups is 1. The second-order valence-electron chi connectivity index (χ2n) is 2.12. The molecule has 0 aromatic rings. The molecule has 6 nitrogen and oxygen atoms in total. The Balaban J connectivity index is 3.17. The van der Waals surface area contributed by atoms with Crippen LogP contribution in [-0.4, -0.2) is 30.8 Å². The number of aliphatic carboxylic acids is 1. The van der Waals surface area contributed by atoms with Gasteiger partial charge < -0.3 is 9.84 Å². The highest BCUT2D eigenvalue weighted by Gasteiger charge is 1.86. The summed E-state index contributed by atoms with van der Waals surface area (Å²) in [6.07, 6.45) is 3.08. The molecular weight excluding hydrogens is 174 g/mol. The molecule has 0 saturated heterocycles. The van der Waals surface area contributed by atoms with Gasteiger partial charge in [-0.05, 0) is 12.0 Å². The van der Waals surface area contributed by atoms with Crippen molar-refractivity contribution in [1.82, 2.24) is 0 Å². The van der Waals surface area contributed by atoms with Crippen LogP contribution in [0.3, 0.4) is 0 Å². The Morgan fingerprint density at radius 3 is 3.08 bits per heavy atom. The molecule has 0 aliphatic heterocycles. The molecule has 0 rings (SSSR count). The van der Waals surface area contributed by atoms with Crippen LogP contribution in [0.2, 0.25) is 0 Å². The number of carboxylic acids is 1. The lowest BCUT2D eigenvalue weighted by molar-refractivity contribution is -0.131. The molecule has 0 fully saturated rings. The zero-order valence-electron chi connectivity index (χ0n) is 7.09. The highest BCUT2D eigenvalue weighted by Crippen LogP contribution is 1.85. The number of carbonyl (C=O) groups is 1. The molecular formula is C7H11N3O3. The summed E-state index contributed by atoms with van der Waals surface area (Å²) in [6, 6.07) is 0. The number of nitrogens with zero attached hydrogens (tertiary/aromatic N) is 3. The fraction of sp³-hybridized carbons (Fsp3) is 0.571. The van der Waals surface area contributed by atoms with Crippen LogP contribution in [0.15, 0.2) is 17.3 Å². The second kappa shape index (κ2) is 8.58. The number of ether oxygens (including phenoxy) is 1. The molecule has 0 aromatic carbocycles. The molecule has 0 radical (unpaired) electrons. The molecule has 0 aromatic heterocycles. The quantitative estimate of drug-likeness (QED) is 0.213. The average molecular weight is 185 g/mol. The third-order valence-electron chi connectivity index (χ3n) is 1.08. The third kappa shape index (κ3) is 10.5. The lowest BCUT2D eigenvalue weighted by Crippen LogP contribution is -1.96. The normalized spacial score (nSPS) is 9.85. The van der Waals surface area contributed by atoms with Crippen LogP contribution >= 0.6 is 0 Å². The van der Waals surface area contributed by atoms with Crippen LogP contribution in [0.25, 0.3) is 10.4 Å². The van der Waals surface area contributed by atoms with Gasteiger partial charge in [0.15, 0.2) is 0 Å². The topological polar surface area (TPSA) is 95.3 Å². The average Bonchev–Trinajstić information content (AvgIpc) is 2.09. The summed E-state index contributed by atoms with van der Waals surface area (Å²) in [5.41, 5.74) is 7.91. The van der Waals surface area contributed by atoms with Crippen molar-refractivity contribution in [1.29, 1.82) is 0 Å². The SMILES string of the molecule is [N-]=[N+]=NCCCOC/C=C/C(=O)O. The van der Waals surface area contributed by atoms with E-state index >= 15 is 0 Å². The molecule has 0 aliphatic rings. The predicted molar refractivity (Wildman–Crippen MR) is 46.2 cm³/mol. The Morgan fingerprint density at radius 2 is 2.46 bits per heavy atom. The first-order valence-electron chi connectivity index (χ1n) is 3.75. The highest BCUT2D eigenvalue weighted by atomic mass is 16.5. The summed E-state index contributed by atoms with van der Waals surface area (Å²) in [5.74, 6) is -0.988. The lowest BCUT2D eigenvalue weighted by Gasteiger charge is -1.96. The minimum absolute atomic E-state index is 0.266. The predicted octanol–water partition coefficient (Wildman–Crippen LogP) is 1.34. The van der Waals surface area contributed by atoms with Crippen LogP contribution < -0.4 is 0 Å². The van der Waals surface area contributed by atoms with E-state index in [9.17, 15) is 4.79 Å². The van der Waals surface area contributed by atoms with Gasteiger partial charge in [0.05, 0.1) is 6.61 Å². The Labute approximate surface area is 75.4 Å². The van der Waals surface area contributed by atoms with Crippen LogP contribution in [0, 0.1) is 0 Å². The van der Waals surface area contributed by atoms with E-state index in [2.05, 4.69) is 10.0 Å². The maximum atomic E-state index is 9.98. The molecule has 6 heteroatoms. The van der Waals surface area contributed by atoms with Crippen molar-refractivity contribution < 1.29 is 14.6 Å². The van der Waals surface area contributed by atoms with E-state index in [4.69, 9.17) is 15.4 Å². The first kappa shape index (κ1) is 11.5. The molecule has 0 saturated carbocycles. The van der Waals surface area contributed by atoms with Crippen LogP contribution in [0.1, 0.15) is 6.42 Å². The lowest BCUT2D eigenvalue weighted by atomic mass is 10.4. The molecule has 0 aliphatic carbocycles. The molecule has 0 spiro atoms. The Kier molecular flexibility index (Phi) is 7.57. The van der Waals surface area contributed by atoms with Crippen molar-refractivity contribution >= 4 is 5.97 Å². The van der Waals surface area contributed by atoms with Gasteiger partial charge in [0.2, 0.25) is 0 Å². The number of hydrogen-bond donors (Lipinski definition) is 1. The molecule has 0 bridgehead atoms. The van der Waals surface area contributed by atoms with E-state index in [-0.39, 0.29) is 6.61 Å². The van der Waals surface area contributed by atoms with Gasteiger partial charge in [0.25, 0.3) is 0 Å². The van der Waals surface area contributed by atoms with E-state index < -0.39 is 5.97 Å². The second-order valence-corrected chi connectivity index (χ2v) is 2.12. The smallest absolute Gasteiger partial charge is 0.328 e. The van der Waals surface area contributed by atoms with Crippen molar-refractivity contribution in [3.8, 4) is 0 Å². The van der Waals surface area contributed by atoms with E-state index in [1.165, 1.54) is 6.08 Å². The summed E-state index contributed by atoms with van der Waals surface area (Å²) in [4.78, 5) is 12.5. The minimum Gasteiger partial charge on any atom is -0.478 e. The van der Waals surface area contributed by atoms with Crippen molar-refractivity contribution in [3.05, 3.63) is 22.6 Å². The molecule has 13 heavy (non-hydrogen) atoms. The standard InChI is InChI=1S/C7H11N3O3/c8-10-9-4-2-6-13-5-1-3-7(11)12/h1,3H,2,4-6H2,(H,11,12)/b3-1+. The molecule has 1 N–H and O–H groups in total. The van der Waals surface area contributed by atoms with E-state index in [0.29, 0.717) is 19.6 Å². The van der Waals surface area contributed by atoms with Gasteiger partial charge in [-0.2, -0.15) is 0 Å². The molecule has 0 amide bonds. The number of carboxylic acid groups (broad SMARTS) is 1. The first-order valence-corrected chi connectivity index (χ1v) is 3.75. The van der Waals surface area contributed by atoms with Gasteiger partial charge in [-0.1, -0.05) is 11.2 Å². The van der Waals surface area contributed by atoms with Crippen LogP contribution in [-0.2, 0) is 9.53 Å². The fourth-order valence-electron chi connectivity index (χ4n) is 0.582. The summed E-state index contributed by atoms with van der Waals surface area (Å²) < 4.78 is 5.00. The summed E-state index contributed by atoms with van der Waals surface area (Å²) in [7, 11) is 0. The van der Waals surface area contributed by atoms with E-state index in [1.54, 1.807) is 0 Å². The largest absolute Gasteiger partial charge is 0.478 e. The molecule has 0 atom stereocenters. The zero-order chi connectivity index (χ0) is 9.94. The van der Waals surface area contributed by atoms with Crippen molar-refractivity contribution in [2.45, 2.75) is 6.42 Å². The maximum Gasteiger partial charge on any atom is 0.328 e. The maximum absolute atomic E-state index is 9.98. The van der Waals surface area contributed by atoms with Crippen molar-refractivity contribution in [3.63, 3.8) is 0 Å². The fourth-order valence-corrected chi connectivity index (χ4v) is 0.582. The van der Waals surface area contributed by atoms with Gasteiger partial charge in [-0.25, -0.2) is 4.79 Å². The molecule has 72 valence electrons. The van der Waals surface area contributed by atoms with Crippen molar-refractivity contribution in [2.24, 2.45) is 5.11 Å². The van der Waals surface area contributed by atoms with Gasteiger partial charge in [0.1, 0.15) is 0 Å². The molecule has 0 unspecified atom stereocenters. The van der Waals surface area contributed by atoms with Gasteiger partial charge in [-0.3, -0.25) is 0 Å². The Morgan fingerprint density at radius 1 is 1.69 bits per heavy atom. The number of hydrogen-bond acceptors (Lipinski definition) is 3. The van der Waals surface area contributed by atoms with E-state index in [1.807, 2.05) is 0 Å². The van der Waals surface area contributed by atoms with Gasteiger partial charge in [0, 0.05) is 24.1 Å². The Hall–Kier alpha value is -1.52. The minimum atomic E-state index is -0.988. The third-order valence-corrected chi connectivity index (χ3v) is 1.08. The Bertz CT molecular complexity index is 221. The first-order chi connectivity index (χ1) is 6.27. The summed E-state index contributed by atoms with van der Waals surface area (Å²) in [5, 5.41) is 11.5. The van der Waals surface area contributed by atoms with E-state index in [0.717, 1.165) is 6.08 Å². The van der Waals surface area contributed by atoms with Crippen molar-refractivity contribution in [2.75, 3.05) is 19.8 Å². The number of rotatable bonds is 7. The monoisotopic (exact) mass is 185 g/mol. The summed E-state index contributed by atoms with van der Waals surface area (Å²) in [6.45, 7) is 1.13. The van der Waals surface area contributed by atoms with Crippen LogP contribution in [0.4, 0.5) is 0 Å².